The van der Waals surface area contributed by atoms with Crippen LogP contribution < -0.4 is 0 Å². The van der Waals surface area contributed by atoms with Gasteiger partial charge >= 0.3 is 0 Å². The molecule has 18 aromatic carbocycles. The maximum atomic E-state index is 5.49. The van der Waals surface area contributed by atoms with Crippen molar-refractivity contribution in [2.75, 3.05) is 0 Å². The molecule has 0 aliphatic rings. The van der Waals surface area contributed by atoms with E-state index in [-0.39, 0.29) is 10.8 Å². The molecule has 0 atom stereocenters. The van der Waals surface area contributed by atoms with E-state index < -0.39 is 0 Å². The molecular weight excluding hydrogens is 1630 g/mol. The Labute approximate surface area is 780 Å². The van der Waals surface area contributed by atoms with Crippen LogP contribution in [0.3, 0.4) is 0 Å². The number of hydrogen-bond acceptors (Lipinski definition) is 4. The normalized spacial score (nSPS) is 11.9. The predicted molar refractivity (Wildman–Crippen MR) is 563 cm³/mol. The lowest BCUT2D eigenvalue weighted by Gasteiger charge is -2.22. The van der Waals surface area contributed by atoms with E-state index in [4.69, 9.17) is 19.9 Å². The van der Waals surface area contributed by atoms with Gasteiger partial charge in [-0.3, -0.25) is 0 Å². The second-order valence-corrected chi connectivity index (χ2v) is 37.4. The van der Waals surface area contributed by atoms with Crippen LogP contribution in [0.25, 0.3) is 222 Å². The van der Waals surface area contributed by atoms with Crippen molar-refractivity contribution in [1.29, 1.82) is 0 Å². The number of benzene rings is 18. The SMILES string of the molecule is CC(C)(C)c1ccc2c(c1)c1ccccc1n2-c1ccccc1-c1c(-c2cc(-c3ccccc3)nc(-c3ccccc3)n2)cccc1-n1c2ccccc2c2cc(C(C)(C)C)ccc21.Cc1ccc(-c2ccc3c(c2)c2ccccc2n3-c2ccccc2-c2c(-c3cc(-c4ccccc4)nc(-c4ccccc4)n3)cccc2-n2c3ccccc3c3cc(-c4ccc(C)cc4)ccc32)cc1. The summed E-state index contributed by atoms with van der Waals surface area (Å²) >= 11 is 0. The highest BCUT2D eigenvalue weighted by molar-refractivity contribution is 6.16. The standard InChI is InChI=1S/C66H46N4.C60H50N4/c1-43-28-32-45(33-29-43)49-36-38-62-55(40-49)51-20-9-12-24-59(51)69(62)61-26-14-11-22-54(61)65-53(58-42-57(47-16-5-3-6-17-47)67-66(68-58)48-18-7-4-8-19-48)23-15-27-64(65)70-60-25-13-10-21-52(60)56-41-50(37-39-63(56)70)46-34-30-44(2)31-35-46;1-59(2,3)41-32-34-54-47(36-41)43-24-13-16-28-51(43)63(54)53-30-18-15-26-46(53)57-45(50-38-49(39-20-9-7-10-21-39)61-58(62-50)40-22-11-8-12-23-40)27-19-31-56(57)64-52-29-17-14-25-44(52)48-37-42(60(4,5)6)33-35-55(48)64/h3-42H,1-2H3;7-38H,1-6H3. The van der Waals surface area contributed by atoms with Gasteiger partial charge in [-0.25, -0.2) is 19.9 Å². The van der Waals surface area contributed by atoms with Gasteiger partial charge in [0.2, 0.25) is 0 Å². The van der Waals surface area contributed by atoms with Gasteiger partial charge in [0.05, 0.1) is 89.7 Å². The molecule has 640 valence electrons. The summed E-state index contributed by atoms with van der Waals surface area (Å²) < 4.78 is 9.88. The van der Waals surface area contributed by atoms with Crippen LogP contribution in [-0.2, 0) is 10.8 Å². The van der Waals surface area contributed by atoms with Crippen molar-refractivity contribution in [2.24, 2.45) is 0 Å². The molecule has 0 spiro atoms. The first-order valence-electron chi connectivity index (χ1n) is 46.3. The third-order valence-electron chi connectivity index (χ3n) is 26.8. The third-order valence-corrected chi connectivity index (χ3v) is 26.8. The molecule has 0 N–H and O–H groups in total. The molecule has 0 amide bonds. The molecule has 134 heavy (non-hydrogen) atoms. The summed E-state index contributed by atoms with van der Waals surface area (Å²) in [6.45, 7) is 18.0. The molecule has 8 heteroatoms. The molecule has 0 radical (unpaired) electrons. The number of nitrogens with zero attached hydrogens (tertiary/aromatic N) is 8. The van der Waals surface area contributed by atoms with Gasteiger partial charge in [-0.1, -0.05) is 380 Å². The number of aryl methyl sites for hydroxylation is 2. The quantitative estimate of drug-likeness (QED) is 0.109. The van der Waals surface area contributed by atoms with Crippen LogP contribution in [0.1, 0.15) is 63.8 Å². The van der Waals surface area contributed by atoms with Gasteiger partial charge < -0.3 is 18.3 Å². The van der Waals surface area contributed by atoms with Crippen LogP contribution in [0.15, 0.2) is 437 Å². The third kappa shape index (κ3) is 14.6. The van der Waals surface area contributed by atoms with E-state index in [1.165, 1.54) is 98.6 Å². The van der Waals surface area contributed by atoms with E-state index in [1.54, 1.807) is 0 Å². The first-order valence-corrected chi connectivity index (χ1v) is 46.3. The van der Waals surface area contributed by atoms with Crippen LogP contribution in [0, 0.1) is 13.8 Å². The summed E-state index contributed by atoms with van der Waals surface area (Å²) in [5.41, 5.74) is 37.3. The first-order chi connectivity index (χ1) is 65.6. The highest BCUT2D eigenvalue weighted by Gasteiger charge is 2.30. The van der Waals surface area contributed by atoms with Crippen LogP contribution in [0.5, 0.6) is 0 Å². The van der Waals surface area contributed by atoms with Gasteiger partial charge in [-0.05, 0) is 167 Å². The van der Waals surface area contributed by atoms with E-state index in [0.717, 1.165) is 134 Å². The number of aromatic nitrogens is 8. The van der Waals surface area contributed by atoms with E-state index >= 15 is 0 Å². The van der Waals surface area contributed by atoms with Crippen molar-refractivity contribution >= 4 is 87.2 Å². The Morgan fingerprint density at radius 2 is 0.440 bits per heavy atom. The van der Waals surface area contributed by atoms with Crippen LogP contribution in [0.2, 0.25) is 0 Å². The van der Waals surface area contributed by atoms with Crippen molar-refractivity contribution in [3.8, 4) is 135 Å². The highest BCUT2D eigenvalue weighted by Crippen LogP contribution is 2.50. The average Bonchev–Trinajstić information content (AvgIpc) is 1.56. The lowest BCUT2D eigenvalue weighted by Crippen LogP contribution is -2.10. The zero-order chi connectivity index (χ0) is 90.5. The molecule has 6 aromatic heterocycles. The maximum Gasteiger partial charge on any atom is 0.160 e. The zero-order valence-electron chi connectivity index (χ0n) is 76.1. The Kier molecular flexibility index (Phi) is 20.4. The summed E-state index contributed by atoms with van der Waals surface area (Å²) in [6, 6.07) is 158. The number of hydrogen-bond donors (Lipinski definition) is 0. The van der Waals surface area contributed by atoms with Crippen LogP contribution in [-0.4, -0.2) is 38.2 Å². The summed E-state index contributed by atoms with van der Waals surface area (Å²) in [6.07, 6.45) is 0. The molecule has 0 unspecified atom stereocenters. The molecular formula is C126H96N8. The molecule has 0 aliphatic carbocycles. The Hall–Kier alpha value is -16.7. The summed E-state index contributed by atoms with van der Waals surface area (Å²) in [5.74, 6) is 1.36. The van der Waals surface area contributed by atoms with E-state index in [9.17, 15) is 0 Å². The second-order valence-electron chi connectivity index (χ2n) is 37.4. The van der Waals surface area contributed by atoms with Crippen molar-refractivity contribution in [3.63, 3.8) is 0 Å². The predicted octanol–water partition coefficient (Wildman–Crippen LogP) is 33.2. The van der Waals surface area contributed by atoms with Crippen LogP contribution >= 0.6 is 0 Å². The first kappa shape index (κ1) is 81.8. The number of para-hydroxylation sites is 6. The Morgan fingerprint density at radius 3 is 0.791 bits per heavy atom. The van der Waals surface area contributed by atoms with Gasteiger partial charge in [0.15, 0.2) is 11.6 Å². The van der Waals surface area contributed by atoms with Gasteiger partial charge in [0.25, 0.3) is 0 Å². The molecule has 24 aromatic rings. The Bertz CT molecular complexity index is 8560. The molecule has 0 aliphatic heterocycles. The van der Waals surface area contributed by atoms with E-state index in [0.29, 0.717) is 11.6 Å². The average molecular weight is 1720 g/mol. The summed E-state index contributed by atoms with van der Waals surface area (Å²) in [4.78, 5) is 21.4. The summed E-state index contributed by atoms with van der Waals surface area (Å²) in [5, 5.41) is 9.76. The second kappa shape index (κ2) is 33.4. The maximum absolute atomic E-state index is 5.49. The molecule has 0 saturated heterocycles. The largest absolute Gasteiger partial charge is 0.309 e. The molecule has 0 bridgehead atoms. The van der Waals surface area contributed by atoms with Crippen molar-refractivity contribution in [3.05, 3.63) is 459 Å². The van der Waals surface area contributed by atoms with Crippen molar-refractivity contribution in [2.45, 2.75) is 66.2 Å². The molecule has 0 saturated carbocycles. The molecule has 0 fully saturated rings. The van der Waals surface area contributed by atoms with Crippen molar-refractivity contribution in [1.82, 2.24) is 38.2 Å². The molecule has 24 rings (SSSR count). The minimum Gasteiger partial charge on any atom is -0.309 e. The lowest BCUT2D eigenvalue weighted by atomic mass is 9.86. The fourth-order valence-electron chi connectivity index (χ4n) is 20.0. The molecule has 6 heterocycles. The smallest absolute Gasteiger partial charge is 0.160 e. The van der Waals surface area contributed by atoms with Gasteiger partial charge in [0.1, 0.15) is 0 Å². The summed E-state index contributed by atoms with van der Waals surface area (Å²) in [7, 11) is 0. The van der Waals surface area contributed by atoms with Gasteiger partial charge in [-0.2, -0.15) is 0 Å². The highest BCUT2D eigenvalue weighted by atomic mass is 15.0. The molecule has 8 nitrogen and oxygen atoms in total. The number of fused-ring (bicyclic) bond motifs is 12. The zero-order valence-corrected chi connectivity index (χ0v) is 76.1. The minimum atomic E-state index is -0.00268. The van der Waals surface area contributed by atoms with Gasteiger partial charge in [0, 0.05) is 98.7 Å². The van der Waals surface area contributed by atoms with Crippen LogP contribution in [0.4, 0.5) is 0 Å². The monoisotopic (exact) mass is 1720 g/mol. The fraction of sp³-hybridized carbons (Fsp3) is 0.0794. The fourth-order valence-corrected chi connectivity index (χ4v) is 20.0. The Balaban J connectivity index is 0.000000152. The topological polar surface area (TPSA) is 71.3 Å². The minimum absolute atomic E-state index is 0.00268. The van der Waals surface area contributed by atoms with Gasteiger partial charge in [-0.15, -0.1) is 0 Å². The van der Waals surface area contributed by atoms with Crippen molar-refractivity contribution < 1.29 is 0 Å². The number of rotatable bonds is 14. The van der Waals surface area contributed by atoms with E-state index in [1.807, 2.05) is 12.1 Å². The lowest BCUT2D eigenvalue weighted by molar-refractivity contribution is 0.591. The van der Waals surface area contributed by atoms with E-state index in [2.05, 4.69) is 498 Å². The Morgan fingerprint density at radius 1 is 0.179 bits per heavy atom.